The summed E-state index contributed by atoms with van der Waals surface area (Å²) >= 11 is 0. The summed E-state index contributed by atoms with van der Waals surface area (Å²) in [5, 5.41) is 23.0. The summed E-state index contributed by atoms with van der Waals surface area (Å²) in [5.74, 6) is -0.776. The molecule has 8 nitrogen and oxygen atoms in total. The van der Waals surface area contributed by atoms with Crippen LogP contribution in [0.3, 0.4) is 0 Å². The van der Waals surface area contributed by atoms with Crippen molar-refractivity contribution in [1.82, 2.24) is 9.47 Å². The molecule has 0 radical (unpaired) electrons. The molecule has 0 aliphatic heterocycles. The molecule has 0 fully saturated rings. The largest absolute Gasteiger partial charge is 0.494 e. The molecule has 1 N–H and O–H groups in total. The number of nitrogens with zero attached hydrogens (tertiary/aromatic N) is 4. The SMILES string of the molecule is CC(=O)n1c(O)c(C(=Nc2ccc([C@H](C)N(C)C)cc2)c2ccccc2)c2ccc([N+](=O)[O-])cc21. The molecule has 1 heterocycles. The first kappa shape index (κ1) is 23.8. The molecular weight excluding hydrogens is 444 g/mol. The number of aromatic hydroxyl groups is 1. The van der Waals surface area contributed by atoms with Gasteiger partial charge in [-0.3, -0.25) is 14.9 Å². The number of rotatable bonds is 6. The fourth-order valence-electron chi connectivity index (χ4n) is 4.04. The van der Waals surface area contributed by atoms with Crippen LogP contribution in [0.2, 0.25) is 0 Å². The Morgan fingerprint density at radius 2 is 1.71 bits per heavy atom. The van der Waals surface area contributed by atoms with Crippen molar-refractivity contribution in [3.8, 4) is 5.88 Å². The van der Waals surface area contributed by atoms with Gasteiger partial charge in [-0.25, -0.2) is 9.56 Å². The molecule has 4 rings (SSSR count). The van der Waals surface area contributed by atoms with Gasteiger partial charge in [-0.1, -0.05) is 42.5 Å². The van der Waals surface area contributed by atoms with E-state index in [0.29, 0.717) is 22.3 Å². The second kappa shape index (κ2) is 9.52. The number of carbonyl (C=O) groups is 1. The van der Waals surface area contributed by atoms with Crippen molar-refractivity contribution in [2.45, 2.75) is 19.9 Å². The fraction of sp³-hybridized carbons (Fsp3) is 0.185. The van der Waals surface area contributed by atoms with Crippen molar-refractivity contribution in [2.75, 3.05) is 14.1 Å². The zero-order chi connectivity index (χ0) is 25.3. The van der Waals surface area contributed by atoms with E-state index in [-0.39, 0.29) is 23.1 Å². The topological polar surface area (TPSA) is 101 Å². The summed E-state index contributed by atoms with van der Waals surface area (Å²) in [5.41, 5.74) is 3.40. The molecule has 0 bridgehead atoms. The second-order valence-electron chi connectivity index (χ2n) is 8.57. The van der Waals surface area contributed by atoms with Crippen LogP contribution in [-0.2, 0) is 0 Å². The molecule has 178 valence electrons. The third-order valence-corrected chi connectivity index (χ3v) is 6.13. The Balaban J connectivity index is 1.97. The molecule has 0 saturated heterocycles. The van der Waals surface area contributed by atoms with E-state index in [0.717, 1.165) is 15.7 Å². The van der Waals surface area contributed by atoms with E-state index in [1.165, 1.54) is 19.1 Å². The Kier molecular flexibility index (Phi) is 6.48. The first-order valence-corrected chi connectivity index (χ1v) is 11.1. The monoisotopic (exact) mass is 470 g/mol. The third-order valence-electron chi connectivity index (χ3n) is 6.13. The minimum atomic E-state index is -0.532. The van der Waals surface area contributed by atoms with Gasteiger partial charge in [0.05, 0.1) is 27.4 Å². The van der Waals surface area contributed by atoms with E-state index < -0.39 is 10.8 Å². The number of carbonyl (C=O) groups excluding carboxylic acids is 1. The van der Waals surface area contributed by atoms with Crippen molar-refractivity contribution in [3.63, 3.8) is 0 Å². The molecule has 1 aromatic heterocycles. The molecule has 3 aromatic carbocycles. The minimum Gasteiger partial charge on any atom is -0.494 e. The highest BCUT2D eigenvalue weighted by Crippen LogP contribution is 2.36. The number of fused-ring (bicyclic) bond motifs is 1. The van der Waals surface area contributed by atoms with Gasteiger partial charge in [-0.05, 0) is 44.8 Å². The van der Waals surface area contributed by atoms with Crippen LogP contribution in [0.15, 0.2) is 77.8 Å². The zero-order valence-corrected chi connectivity index (χ0v) is 20.0. The lowest BCUT2D eigenvalue weighted by atomic mass is 10.0. The van der Waals surface area contributed by atoms with Crippen LogP contribution in [0.4, 0.5) is 11.4 Å². The van der Waals surface area contributed by atoms with E-state index in [4.69, 9.17) is 4.99 Å². The van der Waals surface area contributed by atoms with Crippen molar-refractivity contribution >= 4 is 33.9 Å². The molecule has 0 aliphatic rings. The van der Waals surface area contributed by atoms with E-state index in [2.05, 4.69) is 11.8 Å². The molecule has 0 saturated carbocycles. The maximum absolute atomic E-state index is 12.4. The molecule has 0 amide bonds. The van der Waals surface area contributed by atoms with Crippen LogP contribution < -0.4 is 0 Å². The summed E-state index contributed by atoms with van der Waals surface area (Å²) < 4.78 is 1.08. The molecule has 0 spiro atoms. The third kappa shape index (κ3) is 4.56. The highest BCUT2D eigenvalue weighted by Gasteiger charge is 2.25. The van der Waals surface area contributed by atoms with Crippen molar-refractivity contribution < 1.29 is 14.8 Å². The first-order chi connectivity index (χ1) is 16.7. The van der Waals surface area contributed by atoms with E-state index in [1.54, 1.807) is 6.07 Å². The average molecular weight is 471 g/mol. The summed E-state index contributed by atoms with van der Waals surface area (Å²) in [6.45, 7) is 3.41. The summed E-state index contributed by atoms with van der Waals surface area (Å²) in [4.78, 5) is 30.2. The van der Waals surface area contributed by atoms with Crippen molar-refractivity contribution in [2.24, 2.45) is 4.99 Å². The Bertz CT molecular complexity index is 1440. The van der Waals surface area contributed by atoms with Crippen LogP contribution in [0, 0.1) is 10.1 Å². The van der Waals surface area contributed by atoms with Gasteiger partial charge in [-0.15, -0.1) is 0 Å². The lowest BCUT2D eigenvalue weighted by Crippen LogP contribution is -2.16. The first-order valence-electron chi connectivity index (χ1n) is 11.1. The van der Waals surface area contributed by atoms with Crippen LogP contribution in [0.1, 0.15) is 41.4 Å². The maximum Gasteiger partial charge on any atom is 0.271 e. The lowest BCUT2D eigenvalue weighted by Gasteiger charge is -2.20. The van der Waals surface area contributed by atoms with Gasteiger partial charge in [0, 0.05) is 36.0 Å². The number of hydrogen-bond acceptors (Lipinski definition) is 6. The van der Waals surface area contributed by atoms with Gasteiger partial charge in [-0.2, -0.15) is 0 Å². The molecule has 4 aromatic rings. The van der Waals surface area contributed by atoms with Crippen molar-refractivity contribution in [3.05, 3.63) is 99.6 Å². The van der Waals surface area contributed by atoms with E-state index in [9.17, 15) is 20.0 Å². The minimum absolute atomic E-state index is 0.173. The van der Waals surface area contributed by atoms with Crippen molar-refractivity contribution in [1.29, 1.82) is 0 Å². The predicted octanol–water partition coefficient (Wildman–Crippen LogP) is 5.71. The number of non-ortho nitro benzene ring substituents is 1. The van der Waals surface area contributed by atoms with Crippen LogP contribution in [0.25, 0.3) is 10.9 Å². The van der Waals surface area contributed by atoms with Crippen LogP contribution >= 0.6 is 0 Å². The van der Waals surface area contributed by atoms with Gasteiger partial charge in [0.25, 0.3) is 5.69 Å². The zero-order valence-electron chi connectivity index (χ0n) is 20.0. The number of hydrogen-bond donors (Lipinski definition) is 1. The van der Waals surface area contributed by atoms with Crippen LogP contribution in [-0.4, -0.2) is 45.2 Å². The number of nitro benzene ring substituents is 1. The second-order valence-corrected chi connectivity index (χ2v) is 8.57. The van der Waals surface area contributed by atoms with Gasteiger partial charge in [0.1, 0.15) is 0 Å². The van der Waals surface area contributed by atoms with Gasteiger partial charge >= 0.3 is 0 Å². The molecule has 0 aliphatic carbocycles. The highest BCUT2D eigenvalue weighted by molar-refractivity contribution is 6.23. The number of nitro groups is 1. The smallest absolute Gasteiger partial charge is 0.271 e. The average Bonchev–Trinajstić information content (AvgIpc) is 3.13. The van der Waals surface area contributed by atoms with Gasteiger partial charge in [0.2, 0.25) is 11.8 Å². The maximum atomic E-state index is 12.4. The highest BCUT2D eigenvalue weighted by atomic mass is 16.6. The van der Waals surface area contributed by atoms with Crippen LogP contribution in [0.5, 0.6) is 5.88 Å². The normalized spacial score (nSPS) is 12.8. The Morgan fingerprint density at radius 1 is 1.06 bits per heavy atom. The number of aromatic nitrogens is 1. The summed E-state index contributed by atoms with van der Waals surface area (Å²) in [6, 6.07) is 21.6. The van der Waals surface area contributed by atoms with Gasteiger partial charge < -0.3 is 10.0 Å². The predicted molar refractivity (Wildman–Crippen MR) is 137 cm³/mol. The fourth-order valence-corrected chi connectivity index (χ4v) is 4.04. The Morgan fingerprint density at radius 3 is 2.29 bits per heavy atom. The Labute approximate surface area is 202 Å². The summed E-state index contributed by atoms with van der Waals surface area (Å²) in [7, 11) is 4.03. The number of aliphatic imine (C=N–C) groups is 1. The van der Waals surface area contributed by atoms with E-state index in [1.807, 2.05) is 68.7 Å². The lowest BCUT2D eigenvalue weighted by molar-refractivity contribution is -0.384. The number of benzene rings is 3. The molecule has 8 heteroatoms. The van der Waals surface area contributed by atoms with Gasteiger partial charge in [0.15, 0.2) is 0 Å². The summed E-state index contributed by atoms with van der Waals surface area (Å²) in [6.07, 6.45) is 0. The molecule has 0 unspecified atom stereocenters. The molecular formula is C27H26N4O4. The Hall–Kier alpha value is -4.30. The van der Waals surface area contributed by atoms with E-state index >= 15 is 0 Å². The standard InChI is InChI=1S/C27H26N4O4/c1-17(29(3)4)19-10-12-21(13-11-19)28-26(20-8-6-5-7-9-20)25-23-15-14-22(31(34)35)16-24(23)30(18(2)32)27(25)33/h5-17,33H,1-4H3/t17-/m0/s1. The molecule has 35 heavy (non-hydrogen) atoms. The molecule has 1 atom stereocenters. The quantitative estimate of drug-likeness (QED) is 0.221.